The molecule has 96 valence electrons. The summed E-state index contributed by atoms with van der Waals surface area (Å²) in [5.41, 5.74) is 0.947. The topological polar surface area (TPSA) is 41.5 Å². The second-order valence-corrected chi connectivity index (χ2v) is 5.81. The maximum atomic E-state index is 9.71. The average molecular weight is 367 g/mol. The van der Waals surface area contributed by atoms with Gasteiger partial charge in [0.2, 0.25) is 0 Å². The molecule has 1 atom stereocenters. The van der Waals surface area contributed by atoms with E-state index in [9.17, 15) is 5.11 Å². The Hall–Kier alpha value is -0.100. The van der Waals surface area contributed by atoms with Crippen molar-refractivity contribution in [1.29, 1.82) is 0 Å². The van der Waals surface area contributed by atoms with Crippen molar-refractivity contribution in [3.63, 3.8) is 0 Å². The van der Waals surface area contributed by atoms with Gasteiger partial charge in [-0.05, 0) is 48.0 Å². The summed E-state index contributed by atoms with van der Waals surface area (Å²) >= 11 is 6.85. The normalized spacial score (nSPS) is 12.8. The largest absolute Gasteiger partial charge is 0.389 e. The van der Waals surface area contributed by atoms with Crippen LogP contribution in [0, 0.1) is 0 Å². The molecule has 0 saturated heterocycles. The van der Waals surface area contributed by atoms with Crippen LogP contribution in [0.4, 0.5) is 5.69 Å². The fraction of sp³-hybridized carbons (Fsp3) is 0.500. The lowest BCUT2D eigenvalue weighted by Gasteiger charge is -2.15. The third-order valence-corrected chi connectivity index (χ3v) is 3.26. The molecule has 0 radical (unpaired) electrons. The van der Waals surface area contributed by atoms with Gasteiger partial charge in [-0.1, -0.05) is 15.9 Å². The van der Waals surface area contributed by atoms with Crippen LogP contribution in [0.5, 0.6) is 0 Å². The van der Waals surface area contributed by atoms with Gasteiger partial charge in [-0.15, -0.1) is 0 Å². The van der Waals surface area contributed by atoms with Crippen LogP contribution in [0.15, 0.2) is 27.1 Å². The van der Waals surface area contributed by atoms with E-state index in [1.807, 2.05) is 32.0 Å². The fourth-order valence-corrected chi connectivity index (χ4v) is 1.97. The number of anilines is 1. The third-order valence-electron chi connectivity index (χ3n) is 2.08. The molecule has 2 N–H and O–H groups in total. The summed E-state index contributed by atoms with van der Waals surface area (Å²) < 4.78 is 7.30. The Morgan fingerprint density at radius 2 is 2.06 bits per heavy atom. The van der Waals surface area contributed by atoms with Crippen LogP contribution >= 0.6 is 31.9 Å². The minimum absolute atomic E-state index is 0.141. The van der Waals surface area contributed by atoms with Crippen molar-refractivity contribution in [3.8, 4) is 0 Å². The summed E-state index contributed by atoms with van der Waals surface area (Å²) in [4.78, 5) is 0. The van der Waals surface area contributed by atoms with Gasteiger partial charge in [-0.3, -0.25) is 0 Å². The second-order valence-electron chi connectivity index (χ2n) is 4.04. The number of rotatable bonds is 6. The predicted molar refractivity (Wildman–Crippen MR) is 77.4 cm³/mol. The minimum atomic E-state index is -0.511. The van der Waals surface area contributed by atoms with Crippen molar-refractivity contribution in [3.05, 3.63) is 27.1 Å². The Balaban J connectivity index is 2.41. The van der Waals surface area contributed by atoms with E-state index in [2.05, 4.69) is 37.2 Å². The molecule has 1 rings (SSSR count). The summed E-state index contributed by atoms with van der Waals surface area (Å²) in [5, 5.41) is 12.9. The SMILES string of the molecule is CC(C)OCC(O)CNc1cc(Br)ccc1Br. The van der Waals surface area contributed by atoms with E-state index >= 15 is 0 Å². The molecular formula is C12H17Br2NO2. The predicted octanol–water partition coefficient (Wildman–Crippen LogP) is 3.41. The summed E-state index contributed by atoms with van der Waals surface area (Å²) in [6, 6.07) is 5.86. The number of hydrogen-bond donors (Lipinski definition) is 2. The molecule has 0 heterocycles. The van der Waals surface area contributed by atoms with Crippen LogP contribution in [0.1, 0.15) is 13.8 Å². The fourth-order valence-electron chi connectivity index (χ4n) is 1.22. The van der Waals surface area contributed by atoms with E-state index in [0.29, 0.717) is 13.2 Å². The Bertz CT molecular complexity index is 358. The lowest BCUT2D eigenvalue weighted by Crippen LogP contribution is -2.26. The highest BCUT2D eigenvalue weighted by Gasteiger charge is 2.07. The second kappa shape index (κ2) is 7.36. The summed E-state index contributed by atoms with van der Waals surface area (Å²) in [7, 11) is 0. The lowest BCUT2D eigenvalue weighted by molar-refractivity contribution is 0.0112. The van der Waals surface area contributed by atoms with Gasteiger partial charge in [0.1, 0.15) is 0 Å². The number of aliphatic hydroxyl groups is 1. The summed E-state index contributed by atoms with van der Waals surface area (Å²) in [5.74, 6) is 0. The molecule has 17 heavy (non-hydrogen) atoms. The molecule has 0 saturated carbocycles. The highest BCUT2D eigenvalue weighted by Crippen LogP contribution is 2.25. The molecule has 3 nitrogen and oxygen atoms in total. The smallest absolute Gasteiger partial charge is 0.0945 e. The molecule has 0 aromatic heterocycles. The molecule has 0 bridgehead atoms. The Morgan fingerprint density at radius 1 is 1.35 bits per heavy atom. The number of aliphatic hydroxyl groups excluding tert-OH is 1. The molecule has 5 heteroatoms. The van der Waals surface area contributed by atoms with Gasteiger partial charge in [0.25, 0.3) is 0 Å². The maximum absolute atomic E-state index is 9.71. The van der Waals surface area contributed by atoms with E-state index in [1.165, 1.54) is 0 Å². The van der Waals surface area contributed by atoms with Crippen LogP contribution in [-0.4, -0.2) is 30.5 Å². The quantitative estimate of drug-likeness (QED) is 0.810. The van der Waals surface area contributed by atoms with E-state index in [0.717, 1.165) is 14.6 Å². The number of nitrogens with one attached hydrogen (secondary N) is 1. The van der Waals surface area contributed by atoms with E-state index in [1.54, 1.807) is 0 Å². The van der Waals surface area contributed by atoms with Crippen LogP contribution in [0.25, 0.3) is 0 Å². The zero-order valence-corrected chi connectivity index (χ0v) is 13.1. The van der Waals surface area contributed by atoms with Gasteiger partial charge in [0.05, 0.1) is 18.8 Å². The van der Waals surface area contributed by atoms with Crippen LogP contribution in [0.2, 0.25) is 0 Å². The number of ether oxygens (including phenoxy) is 1. The van der Waals surface area contributed by atoms with Gasteiger partial charge in [-0.2, -0.15) is 0 Å². The van der Waals surface area contributed by atoms with E-state index in [4.69, 9.17) is 4.74 Å². The van der Waals surface area contributed by atoms with Gasteiger partial charge < -0.3 is 15.2 Å². The molecule has 1 aromatic carbocycles. The highest BCUT2D eigenvalue weighted by molar-refractivity contribution is 9.11. The molecule has 0 amide bonds. The van der Waals surface area contributed by atoms with Crippen molar-refractivity contribution in [1.82, 2.24) is 0 Å². The van der Waals surface area contributed by atoms with Gasteiger partial charge in [0, 0.05) is 21.2 Å². The van der Waals surface area contributed by atoms with E-state index in [-0.39, 0.29) is 6.10 Å². The zero-order chi connectivity index (χ0) is 12.8. The van der Waals surface area contributed by atoms with Crippen molar-refractivity contribution in [2.24, 2.45) is 0 Å². The van der Waals surface area contributed by atoms with Crippen LogP contribution < -0.4 is 5.32 Å². The first-order chi connectivity index (χ1) is 7.99. The first-order valence-corrected chi connectivity index (χ1v) is 7.06. The van der Waals surface area contributed by atoms with Crippen molar-refractivity contribution in [2.45, 2.75) is 26.1 Å². The number of halogens is 2. The van der Waals surface area contributed by atoms with Gasteiger partial charge >= 0.3 is 0 Å². The van der Waals surface area contributed by atoms with E-state index < -0.39 is 6.10 Å². The minimum Gasteiger partial charge on any atom is -0.389 e. The van der Waals surface area contributed by atoms with Crippen molar-refractivity contribution in [2.75, 3.05) is 18.5 Å². The highest BCUT2D eigenvalue weighted by atomic mass is 79.9. The first kappa shape index (κ1) is 15.0. The zero-order valence-electron chi connectivity index (χ0n) is 9.91. The molecular weight excluding hydrogens is 350 g/mol. The molecule has 0 spiro atoms. The van der Waals surface area contributed by atoms with Crippen LogP contribution in [0.3, 0.4) is 0 Å². The summed E-state index contributed by atoms with van der Waals surface area (Å²) in [6.45, 7) is 4.70. The van der Waals surface area contributed by atoms with Crippen molar-refractivity contribution >= 4 is 37.5 Å². The maximum Gasteiger partial charge on any atom is 0.0945 e. The molecule has 0 aliphatic heterocycles. The average Bonchev–Trinajstić information content (AvgIpc) is 2.27. The first-order valence-electron chi connectivity index (χ1n) is 5.47. The van der Waals surface area contributed by atoms with Gasteiger partial charge in [0.15, 0.2) is 0 Å². The Morgan fingerprint density at radius 3 is 2.71 bits per heavy atom. The summed E-state index contributed by atoms with van der Waals surface area (Å²) in [6.07, 6.45) is -0.370. The Labute approximate surface area is 119 Å². The number of benzene rings is 1. The third kappa shape index (κ3) is 5.86. The van der Waals surface area contributed by atoms with Crippen molar-refractivity contribution < 1.29 is 9.84 Å². The molecule has 0 fully saturated rings. The van der Waals surface area contributed by atoms with Crippen LogP contribution in [-0.2, 0) is 4.74 Å². The molecule has 1 unspecified atom stereocenters. The lowest BCUT2D eigenvalue weighted by atomic mass is 10.3. The monoisotopic (exact) mass is 365 g/mol. The molecule has 1 aromatic rings. The van der Waals surface area contributed by atoms with Gasteiger partial charge in [-0.25, -0.2) is 0 Å². The Kier molecular flexibility index (Phi) is 6.48. The standard InChI is InChI=1S/C12H17Br2NO2/c1-8(2)17-7-10(16)6-15-12-5-9(13)3-4-11(12)14/h3-5,8,10,15-16H,6-7H2,1-2H3. The number of hydrogen-bond acceptors (Lipinski definition) is 3. The molecule has 0 aliphatic carbocycles. The molecule has 0 aliphatic rings.